The molecule has 92 valence electrons. The summed E-state index contributed by atoms with van der Waals surface area (Å²) in [6.45, 7) is 4.39. The third kappa shape index (κ3) is 4.87. The fraction of sp³-hybridized carbons (Fsp3) is 0.333. The number of hydrogen-bond donors (Lipinski definition) is 2. The van der Waals surface area contributed by atoms with Crippen LogP contribution in [-0.4, -0.2) is 18.4 Å². The molecule has 2 N–H and O–H groups in total. The molecular formula is C12H15ClN2O2. The van der Waals surface area contributed by atoms with Crippen LogP contribution in [-0.2, 0) is 9.59 Å². The maximum Gasteiger partial charge on any atom is 0.313 e. The fourth-order valence-electron chi connectivity index (χ4n) is 1.10. The zero-order valence-corrected chi connectivity index (χ0v) is 10.5. The number of benzene rings is 1. The topological polar surface area (TPSA) is 58.2 Å². The molecule has 0 aliphatic carbocycles. The van der Waals surface area contributed by atoms with Crippen LogP contribution in [0.1, 0.15) is 13.8 Å². The molecule has 0 aromatic heterocycles. The van der Waals surface area contributed by atoms with Gasteiger partial charge in [0.15, 0.2) is 0 Å². The predicted octanol–water partition coefficient (Wildman–Crippen LogP) is 2.05. The quantitative estimate of drug-likeness (QED) is 0.811. The van der Waals surface area contributed by atoms with E-state index < -0.39 is 11.8 Å². The Bertz CT molecular complexity index is 401. The highest BCUT2D eigenvalue weighted by Gasteiger charge is 2.13. The third-order valence-electron chi connectivity index (χ3n) is 1.98. The van der Waals surface area contributed by atoms with Gasteiger partial charge in [0.2, 0.25) is 0 Å². The van der Waals surface area contributed by atoms with Crippen molar-refractivity contribution < 1.29 is 9.59 Å². The summed E-state index contributed by atoms with van der Waals surface area (Å²) in [6, 6.07) is 6.55. The lowest BCUT2D eigenvalue weighted by Gasteiger charge is -2.08. The molecular weight excluding hydrogens is 240 g/mol. The SMILES string of the molecule is CC(C)CNC(=O)C(=O)Nc1ccc(Cl)cc1. The van der Waals surface area contributed by atoms with Gasteiger partial charge < -0.3 is 10.6 Å². The molecule has 17 heavy (non-hydrogen) atoms. The van der Waals surface area contributed by atoms with Crippen molar-refractivity contribution in [2.75, 3.05) is 11.9 Å². The first-order chi connectivity index (χ1) is 7.99. The molecule has 0 fully saturated rings. The Labute approximate surface area is 105 Å². The van der Waals surface area contributed by atoms with E-state index >= 15 is 0 Å². The van der Waals surface area contributed by atoms with Crippen molar-refractivity contribution in [3.63, 3.8) is 0 Å². The van der Waals surface area contributed by atoms with Gasteiger partial charge in [0.1, 0.15) is 0 Å². The van der Waals surface area contributed by atoms with Gasteiger partial charge in [-0.05, 0) is 30.2 Å². The summed E-state index contributed by atoms with van der Waals surface area (Å²) in [6.07, 6.45) is 0. The number of nitrogens with one attached hydrogen (secondary N) is 2. The van der Waals surface area contributed by atoms with E-state index in [1.165, 1.54) is 0 Å². The van der Waals surface area contributed by atoms with E-state index in [0.29, 0.717) is 23.2 Å². The van der Waals surface area contributed by atoms with Crippen LogP contribution < -0.4 is 10.6 Å². The van der Waals surface area contributed by atoms with Crippen LogP contribution >= 0.6 is 11.6 Å². The number of carbonyl (C=O) groups excluding carboxylic acids is 2. The Balaban J connectivity index is 2.48. The molecule has 1 rings (SSSR count). The third-order valence-corrected chi connectivity index (χ3v) is 2.23. The highest BCUT2D eigenvalue weighted by atomic mass is 35.5. The minimum Gasteiger partial charge on any atom is -0.348 e. The summed E-state index contributed by atoms with van der Waals surface area (Å²) in [5.41, 5.74) is 0.541. The van der Waals surface area contributed by atoms with Gasteiger partial charge in [-0.1, -0.05) is 25.4 Å². The second-order valence-corrected chi connectivity index (χ2v) is 4.50. The maximum absolute atomic E-state index is 11.5. The first-order valence-electron chi connectivity index (χ1n) is 5.34. The largest absolute Gasteiger partial charge is 0.348 e. The summed E-state index contributed by atoms with van der Waals surface area (Å²) >= 11 is 5.70. The van der Waals surface area contributed by atoms with Crippen molar-refractivity contribution in [3.05, 3.63) is 29.3 Å². The van der Waals surface area contributed by atoms with E-state index in [-0.39, 0.29) is 0 Å². The maximum atomic E-state index is 11.5. The molecule has 0 unspecified atom stereocenters. The van der Waals surface area contributed by atoms with Crippen LogP contribution in [0.3, 0.4) is 0 Å². The highest BCUT2D eigenvalue weighted by molar-refractivity contribution is 6.39. The van der Waals surface area contributed by atoms with Crippen molar-refractivity contribution in [2.24, 2.45) is 5.92 Å². The summed E-state index contributed by atoms with van der Waals surface area (Å²) in [5, 5.41) is 5.60. The molecule has 1 aromatic carbocycles. The Morgan fingerprint density at radius 3 is 2.29 bits per heavy atom. The normalized spacial score (nSPS) is 10.1. The van der Waals surface area contributed by atoms with E-state index in [2.05, 4.69) is 10.6 Å². The highest BCUT2D eigenvalue weighted by Crippen LogP contribution is 2.13. The summed E-state index contributed by atoms with van der Waals surface area (Å²) in [4.78, 5) is 22.8. The molecule has 0 saturated carbocycles. The van der Waals surface area contributed by atoms with E-state index in [4.69, 9.17) is 11.6 Å². The van der Waals surface area contributed by atoms with Gasteiger partial charge in [0.25, 0.3) is 0 Å². The number of amides is 2. The minimum absolute atomic E-state index is 0.308. The fourth-order valence-corrected chi connectivity index (χ4v) is 1.22. The Hall–Kier alpha value is -1.55. The Kier molecular flexibility index (Phi) is 4.97. The predicted molar refractivity (Wildman–Crippen MR) is 67.9 cm³/mol. The van der Waals surface area contributed by atoms with Crippen LogP contribution in [0.4, 0.5) is 5.69 Å². The average Bonchev–Trinajstić information content (AvgIpc) is 2.28. The van der Waals surface area contributed by atoms with Crippen molar-refractivity contribution in [1.29, 1.82) is 0 Å². The van der Waals surface area contributed by atoms with Crippen LogP contribution in [0, 0.1) is 5.92 Å². The number of halogens is 1. The van der Waals surface area contributed by atoms with Gasteiger partial charge in [-0.15, -0.1) is 0 Å². The molecule has 0 saturated heterocycles. The number of carbonyl (C=O) groups is 2. The number of rotatable bonds is 3. The molecule has 0 aliphatic heterocycles. The van der Waals surface area contributed by atoms with E-state index in [0.717, 1.165) is 0 Å². The molecule has 5 heteroatoms. The van der Waals surface area contributed by atoms with Gasteiger partial charge in [-0.3, -0.25) is 9.59 Å². The Morgan fingerprint density at radius 1 is 1.18 bits per heavy atom. The molecule has 0 bridgehead atoms. The van der Waals surface area contributed by atoms with Crippen LogP contribution in [0.2, 0.25) is 5.02 Å². The first kappa shape index (κ1) is 13.5. The van der Waals surface area contributed by atoms with Crippen LogP contribution in [0.5, 0.6) is 0 Å². The molecule has 2 amide bonds. The Morgan fingerprint density at radius 2 is 1.76 bits per heavy atom. The number of anilines is 1. The minimum atomic E-state index is -0.673. The van der Waals surface area contributed by atoms with E-state index in [1.54, 1.807) is 24.3 Å². The van der Waals surface area contributed by atoms with Gasteiger partial charge in [-0.25, -0.2) is 0 Å². The smallest absolute Gasteiger partial charge is 0.313 e. The molecule has 0 aliphatic rings. The van der Waals surface area contributed by atoms with Gasteiger partial charge in [0.05, 0.1) is 0 Å². The summed E-state index contributed by atoms with van der Waals surface area (Å²) in [7, 11) is 0. The lowest BCUT2D eigenvalue weighted by atomic mass is 10.2. The molecule has 0 spiro atoms. The van der Waals surface area contributed by atoms with Gasteiger partial charge in [0, 0.05) is 17.3 Å². The lowest BCUT2D eigenvalue weighted by Crippen LogP contribution is -2.37. The number of hydrogen-bond acceptors (Lipinski definition) is 2. The van der Waals surface area contributed by atoms with Crippen LogP contribution in [0.25, 0.3) is 0 Å². The molecule has 1 aromatic rings. The zero-order valence-electron chi connectivity index (χ0n) is 9.79. The molecule has 0 heterocycles. The summed E-state index contributed by atoms with van der Waals surface area (Å²) in [5.74, 6) is -0.996. The first-order valence-corrected chi connectivity index (χ1v) is 5.71. The summed E-state index contributed by atoms with van der Waals surface area (Å²) < 4.78 is 0. The van der Waals surface area contributed by atoms with Crippen LogP contribution in [0.15, 0.2) is 24.3 Å². The molecule has 0 atom stereocenters. The monoisotopic (exact) mass is 254 g/mol. The van der Waals surface area contributed by atoms with E-state index in [9.17, 15) is 9.59 Å². The van der Waals surface area contributed by atoms with Gasteiger partial charge in [-0.2, -0.15) is 0 Å². The lowest BCUT2D eigenvalue weighted by molar-refractivity contribution is -0.136. The zero-order chi connectivity index (χ0) is 12.8. The molecule has 0 radical (unpaired) electrons. The second kappa shape index (κ2) is 6.25. The average molecular weight is 255 g/mol. The van der Waals surface area contributed by atoms with Crippen molar-refractivity contribution in [1.82, 2.24) is 5.32 Å². The van der Waals surface area contributed by atoms with Crippen molar-refractivity contribution >= 4 is 29.1 Å². The van der Waals surface area contributed by atoms with Crippen molar-refractivity contribution in [3.8, 4) is 0 Å². The molecule has 4 nitrogen and oxygen atoms in total. The second-order valence-electron chi connectivity index (χ2n) is 4.06. The van der Waals surface area contributed by atoms with E-state index in [1.807, 2.05) is 13.8 Å². The van der Waals surface area contributed by atoms with Gasteiger partial charge >= 0.3 is 11.8 Å². The standard InChI is InChI=1S/C12H15ClN2O2/c1-8(2)7-14-11(16)12(17)15-10-5-3-9(13)4-6-10/h3-6,8H,7H2,1-2H3,(H,14,16)(H,15,17). The van der Waals surface area contributed by atoms with Crippen molar-refractivity contribution in [2.45, 2.75) is 13.8 Å².